The zero-order valence-corrected chi connectivity index (χ0v) is 13.2. The highest BCUT2D eigenvalue weighted by molar-refractivity contribution is 9.09. The summed E-state index contributed by atoms with van der Waals surface area (Å²) >= 11 is 9.79. The van der Waals surface area contributed by atoms with Crippen LogP contribution in [-0.4, -0.2) is 9.81 Å². The molecule has 1 heterocycles. The normalized spacial score (nSPS) is 13.8. The molecule has 0 saturated carbocycles. The average Bonchev–Trinajstić information content (AvgIpc) is 2.27. The number of fused-ring (bicyclic) bond motifs is 1. The summed E-state index contributed by atoms with van der Waals surface area (Å²) < 4.78 is 0. The zero-order chi connectivity index (χ0) is 13.3. The summed E-state index contributed by atoms with van der Waals surface area (Å²) in [5.74, 6) is 0. The minimum Gasteiger partial charge on any atom is -0.256 e. The Morgan fingerprint density at radius 3 is 2.67 bits per heavy atom. The summed E-state index contributed by atoms with van der Waals surface area (Å²) in [7, 11) is 0. The smallest absolute Gasteiger partial charge is 0.0719 e. The first-order valence-electron chi connectivity index (χ1n) is 6.05. The molecule has 1 aromatic carbocycles. The standard InChI is InChI=1S/C15H17BrClN/c1-15(2,3)14(16)8-10-6-7-18-13-9-11(17)4-5-12(10)13/h4-7,9,14H,8H2,1-3H3. The molecule has 1 unspecified atom stereocenters. The van der Waals surface area contributed by atoms with Gasteiger partial charge in [0, 0.05) is 21.4 Å². The van der Waals surface area contributed by atoms with Crippen LogP contribution in [0.25, 0.3) is 10.9 Å². The molecular weight excluding hydrogens is 310 g/mol. The van der Waals surface area contributed by atoms with Crippen molar-refractivity contribution < 1.29 is 0 Å². The summed E-state index contributed by atoms with van der Waals surface area (Å²) in [5.41, 5.74) is 2.52. The average molecular weight is 327 g/mol. The number of benzene rings is 1. The molecule has 2 aromatic rings. The van der Waals surface area contributed by atoms with Gasteiger partial charge in [-0.1, -0.05) is 54.4 Å². The molecular formula is C15H17BrClN. The fourth-order valence-electron chi connectivity index (χ4n) is 1.86. The largest absolute Gasteiger partial charge is 0.256 e. The molecule has 0 spiro atoms. The van der Waals surface area contributed by atoms with Crippen LogP contribution >= 0.6 is 27.5 Å². The molecule has 18 heavy (non-hydrogen) atoms. The molecule has 1 atom stereocenters. The van der Waals surface area contributed by atoms with Crippen molar-refractivity contribution in [2.75, 3.05) is 0 Å². The summed E-state index contributed by atoms with van der Waals surface area (Å²) in [6.07, 6.45) is 2.85. The molecule has 0 bridgehead atoms. The monoisotopic (exact) mass is 325 g/mol. The van der Waals surface area contributed by atoms with Crippen molar-refractivity contribution in [3.05, 3.63) is 41.0 Å². The lowest BCUT2D eigenvalue weighted by molar-refractivity contribution is 0.398. The maximum Gasteiger partial charge on any atom is 0.0719 e. The number of hydrogen-bond donors (Lipinski definition) is 0. The van der Waals surface area contributed by atoms with E-state index in [9.17, 15) is 0 Å². The first-order chi connectivity index (χ1) is 8.38. The van der Waals surface area contributed by atoms with Crippen LogP contribution in [0.15, 0.2) is 30.5 Å². The van der Waals surface area contributed by atoms with E-state index in [0.717, 1.165) is 17.0 Å². The van der Waals surface area contributed by atoms with E-state index in [1.54, 1.807) is 0 Å². The number of aromatic nitrogens is 1. The summed E-state index contributed by atoms with van der Waals surface area (Å²) in [5, 5.41) is 1.92. The van der Waals surface area contributed by atoms with E-state index in [2.05, 4.69) is 53.8 Å². The number of halogens is 2. The van der Waals surface area contributed by atoms with E-state index >= 15 is 0 Å². The fourth-order valence-corrected chi connectivity index (χ4v) is 2.37. The van der Waals surface area contributed by atoms with Crippen LogP contribution in [0.5, 0.6) is 0 Å². The molecule has 0 aliphatic carbocycles. The molecule has 0 radical (unpaired) electrons. The minimum atomic E-state index is 0.238. The van der Waals surface area contributed by atoms with Gasteiger partial charge in [-0.2, -0.15) is 0 Å². The van der Waals surface area contributed by atoms with Crippen LogP contribution in [-0.2, 0) is 6.42 Å². The van der Waals surface area contributed by atoms with Gasteiger partial charge in [-0.15, -0.1) is 0 Å². The summed E-state index contributed by atoms with van der Waals surface area (Å²) in [6.45, 7) is 6.73. The van der Waals surface area contributed by atoms with E-state index < -0.39 is 0 Å². The molecule has 96 valence electrons. The quantitative estimate of drug-likeness (QED) is 0.688. The molecule has 0 saturated heterocycles. The predicted molar refractivity (Wildman–Crippen MR) is 82.6 cm³/mol. The van der Waals surface area contributed by atoms with E-state index in [-0.39, 0.29) is 5.41 Å². The lowest BCUT2D eigenvalue weighted by Crippen LogP contribution is -2.22. The first kappa shape index (κ1) is 13.8. The van der Waals surface area contributed by atoms with E-state index in [1.165, 1.54) is 10.9 Å². The van der Waals surface area contributed by atoms with Crippen LogP contribution in [0, 0.1) is 5.41 Å². The Morgan fingerprint density at radius 2 is 2.00 bits per heavy atom. The molecule has 0 fully saturated rings. The molecule has 0 amide bonds. The van der Waals surface area contributed by atoms with Gasteiger partial charge in [-0.25, -0.2) is 0 Å². The van der Waals surface area contributed by atoms with Crippen LogP contribution < -0.4 is 0 Å². The number of rotatable bonds is 2. The lowest BCUT2D eigenvalue weighted by atomic mass is 9.88. The lowest BCUT2D eigenvalue weighted by Gasteiger charge is -2.26. The molecule has 0 aliphatic rings. The summed E-state index contributed by atoms with van der Waals surface area (Å²) in [6, 6.07) is 7.99. The second kappa shape index (κ2) is 5.18. The maximum absolute atomic E-state index is 6.00. The van der Waals surface area contributed by atoms with Crippen LogP contribution in [0.2, 0.25) is 5.02 Å². The number of alkyl halides is 1. The molecule has 0 aliphatic heterocycles. The third-order valence-electron chi connectivity index (χ3n) is 3.13. The Kier molecular flexibility index (Phi) is 3.98. The number of nitrogens with zero attached hydrogens (tertiary/aromatic N) is 1. The first-order valence-corrected chi connectivity index (χ1v) is 7.34. The van der Waals surface area contributed by atoms with Crippen molar-refractivity contribution in [2.45, 2.75) is 32.0 Å². The third-order valence-corrected chi connectivity index (χ3v) is 5.07. The molecule has 3 heteroatoms. The number of pyridine rings is 1. The van der Waals surface area contributed by atoms with Gasteiger partial charge in [0.05, 0.1) is 5.52 Å². The van der Waals surface area contributed by atoms with Gasteiger partial charge in [0.15, 0.2) is 0 Å². The topological polar surface area (TPSA) is 12.9 Å². The van der Waals surface area contributed by atoms with Crippen molar-refractivity contribution in [2.24, 2.45) is 5.41 Å². The highest BCUT2D eigenvalue weighted by Crippen LogP contribution is 2.31. The van der Waals surface area contributed by atoms with Crippen molar-refractivity contribution in [1.29, 1.82) is 0 Å². The van der Waals surface area contributed by atoms with Gasteiger partial charge in [0.2, 0.25) is 0 Å². The second-order valence-electron chi connectivity index (χ2n) is 5.67. The molecule has 2 rings (SSSR count). The van der Waals surface area contributed by atoms with E-state index in [0.29, 0.717) is 4.83 Å². The third kappa shape index (κ3) is 3.04. The Bertz CT molecular complexity index is 560. The van der Waals surface area contributed by atoms with Gasteiger partial charge in [-0.05, 0) is 35.6 Å². The molecule has 1 nitrogen and oxygen atoms in total. The Labute approximate surface area is 122 Å². The van der Waals surface area contributed by atoms with Crippen LogP contribution in [0.4, 0.5) is 0 Å². The van der Waals surface area contributed by atoms with Crippen molar-refractivity contribution in [1.82, 2.24) is 4.98 Å². The van der Waals surface area contributed by atoms with E-state index in [1.807, 2.05) is 18.3 Å². The van der Waals surface area contributed by atoms with Gasteiger partial charge >= 0.3 is 0 Å². The van der Waals surface area contributed by atoms with Gasteiger partial charge in [-0.3, -0.25) is 4.98 Å². The van der Waals surface area contributed by atoms with Crippen molar-refractivity contribution in [3.63, 3.8) is 0 Å². The highest BCUT2D eigenvalue weighted by Gasteiger charge is 2.22. The Balaban J connectivity index is 2.40. The van der Waals surface area contributed by atoms with Gasteiger partial charge < -0.3 is 0 Å². The Hall–Kier alpha value is -0.600. The summed E-state index contributed by atoms with van der Waals surface area (Å²) in [4.78, 5) is 4.81. The minimum absolute atomic E-state index is 0.238. The second-order valence-corrected chi connectivity index (χ2v) is 7.21. The fraction of sp³-hybridized carbons (Fsp3) is 0.400. The van der Waals surface area contributed by atoms with Gasteiger partial charge in [0.25, 0.3) is 0 Å². The predicted octanol–water partition coefficient (Wildman–Crippen LogP) is 5.24. The highest BCUT2D eigenvalue weighted by atomic mass is 79.9. The molecule has 1 aromatic heterocycles. The maximum atomic E-state index is 6.00. The number of hydrogen-bond acceptors (Lipinski definition) is 1. The Morgan fingerprint density at radius 1 is 1.28 bits per heavy atom. The van der Waals surface area contributed by atoms with Crippen LogP contribution in [0.1, 0.15) is 26.3 Å². The van der Waals surface area contributed by atoms with Crippen molar-refractivity contribution in [3.8, 4) is 0 Å². The zero-order valence-electron chi connectivity index (χ0n) is 10.9. The van der Waals surface area contributed by atoms with Crippen LogP contribution in [0.3, 0.4) is 0 Å². The van der Waals surface area contributed by atoms with Crippen molar-refractivity contribution >= 4 is 38.4 Å². The molecule has 0 N–H and O–H groups in total. The SMILES string of the molecule is CC(C)(C)C(Br)Cc1ccnc2cc(Cl)ccc12. The van der Waals surface area contributed by atoms with Gasteiger partial charge in [0.1, 0.15) is 0 Å². The van der Waals surface area contributed by atoms with E-state index in [4.69, 9.17) is 11.6 Å².